The zero-order chi connectivity index (χ0) is 14.5. The molecule has 0 aliphatic carbocycles. The number of carbonyl (C=O) groups excluding carboxylic acids is 1. The van der Waals surface area contributed by atoms with Gasteiger partial charge in [-0.3, -0.25) is 4.79 Å². The second kappa shape index (κ2) is 6.29. The summed E-state index contributed by atoms with van der Waals surface area (Å²) in [7, 11) is 0. The largest absolute Gasteiger partial charge is 0.334 e. The van der Waals surface area contributed by atoms with Crippen molar-refractivity contribution in [2.45, 2.75) is 32.7 Å². The van der Waals surface area contributed by atoms with Crippen molar-refractivity contribution < 1.29 is 9.32 Å². The lowest BCUT2D eigenvalue weighted by atomic mass is 10.1. The molecule has 1 heterocycles. The molecule has 1 aromatic carbocycles. The number of aryl methyl sites for hydroxylation is 1. The molecule has 0 radical (unpaired) electrons. The number of nitrogens with two attached hydrogens (primary N) is 1. The minimum atomic E-state index is -0.516. The van der Waals surface area contributed by atoms with Crippen molar-refractivity contribution in [1.29, 1.82) is 0 Å². The highest BCUT2D eigenvalue weighted by Gasteiger charge is 2.16. The Morgan fingerprint density at radius 2 is 2.20 bits per heavy atom. The fourth-order valence-electron chi connectivity index (χ4n) is 1.85. The molecule has 3 N–H and O–H groups in total. The van der Waals surface area contributed by atoms with Gasteiger partial charge in [-0.1, -0.05) is 30.6 Å². The fourth-order valence-corrected chi connectivity index (χ4v) is 1.85. The molecule has 2 aromatic rings. The number of nitrogens with one attached hydrogen (secondary N) is 1. The van der Waals surface area contributed by atoms with Crippen LogP contribution in [-0.4, -0.2) is 22.1 Å². The molecule has 106 valence electrons. The zero-order valence-corrected chi connectivity index (χ0v) is 11.6. The number of carbonyl (C=O) groups is 1. The summed E-state index contributed by atoms with van der Waals surface area (Å²) >= 11 is 0. The molecule has 1 atom stereocenters. The molecule has 0 saturated heterocycles. The number of para-hydroxylation sites is 1. The fraction of sp³-hybridized carbons (Fsp3) is 0.357. The predicted molar refractivity (Wildman–Crippen MR) is 76.0 cm³/mol. The number of benzene rings is 1. The summed E-state index contributed by atoms with van der Waals surface area (Å²) in [5.74, 6) is 0.710. The third kappa shape index (κ3) is 3.21. The minimum Gasteiger partial charge on any atom is -0.334 e. The van der Waals surface area contributed by atoms with E-state index < -0.39 is 6.04 Å². The molecule has 0 unspecified atom stereocenters. The number of hydrogen-bond acceptors (Lipinski definition) is 5. The molecule has 0 bridgehead atoms. The Labute approximate surface area is 117 Å². The number of anilines is 1. The van der Waals surface area contributed by atoms with Crippen LogP contribution in [0.5, 0.6) is 0 Å². The van der Waals surface area contributed by atoms with Crippen LogP contribution >= 0.6 is 0 Å². The Morgan fingerprint density at radius 3 is 2.85 bits per heavy atom. The van der Waals surface area contributed by atoms with Gasteiger partial charge in [-0.15, -0.1) is 0 Å². The van der Waals surface area contributed by atoms with Gasteiger partial charge < -0.3 is 15.6 Å². The van der Waals surface area contributed by atoms with Gasteiger partial charge >= 0.3 is 0 Å². The van der Waals surface area contributed by atoms with E-state index in [4.69, 9.17) is 10.3 Å². The Bertz CT molecular complexity index is 594. The maximum Gasteiger partial charge on any atom is 0.260 e. The smallest absolute Gasteiger partial charge is 0.260 e. The van der Waals surface area contributed by atoms with Gasteiger partial charge in [0, 0.05) is 0 Å². The lowest BCUT2D eigenvalue weighted by Gasteiger charge is -2.12. The van der Waals surface area contributed by atoms with E-state index in [0.717, 1.165) is 6.42 Å². The van der Waals surface area contributed by atoms with Crippen LogP contribution in [0.25, 0.3) is 11.5 Å². The Morgan fingerprint density at radius 1 is 1.45 bits per heavy atom. The highest BCUT2D eigenvalue weighted by atomic mass is 16.5. The van der Waals surface area contributed by atoms with E-state index in [2.05, 4.69) is 15.5 Å². The summed E-state index contributed by atoms with van der Waals surface area (Å²) < 4.78 is 5.14. The van der Waals surface area contributed by atoms with Crippen LogP contribution in [0.4, 0.5) is 5.69 Å². The van der Waals surface area contributed by atoms with E-state index in [-0.39, 0.29) is 5.91 Å². The average Bonchev–Trinajstić information content (AvgIpc) is 2.86. The lowest BCUT2D eigenvalue weighted by molar-refractivity contribution is -0.117. The number of nitrogens with zero attached hydrogens (tertiary/aromatic N) is 2. The monoisotopic (exact) mass is 274 g/mol. The first-order valence-electron chi connectivity index (χ1n) is 6.58. The van der Waals surface area contributed by atoms with Crippen LogP contribution < -0.4 is 11.1 Å². The lowest BCUT2D eigenvalue weighted by Crippen LogP contribution is -2.35. The van der Waals surface area contributed by atoms with Gasteiger partial charge in [0.1, 0.15) is 0 Å². The maximum absolute atomic E-state index is 12.0. The highest BCUT2D eigenvalue weighted by molar-refractivity contribution is 5.97. The van der Waals surface area contributed by atoms with E-state index in [1.54, 1.807) is 13.0 Å². The second-order valence-corrected chi connectivity index (χ2v) is 4.58. The van der Waals surface area contributed by atoms with E-state index in [0.29, 0.717) is 29.4 Å². The zero-order valence-electron chi connectivity index (χ0n) is 11.6. The molecule has 0 saturated carbocycles. The van der Waals surface area contributed by atoms with Crippen LogP contribution in [0.15, 0.2) is 28.8 Å². The van der Waals surface area contributed by atoms with Gasteiger partial charge in [-0.05, 0) is 25.5 Å². The first-order chi connectivity index (χ1) is 9.61. The standard InChI is InChI=1S/C14H18N4O2/c1-3-6-11(15)13(19)17-12-8-5-4-7-10(12)14-16-9(2)18-20-14/h4-5,7-8,11H,3,6,15H2,1-2H3,(H,17,19)/t11-/m1/s1. The minimum absolute atomic E-state index is 0.212. The quantitative estimate of drug-likeness (QED) is 0.870. The SMILES string of the molecule is CCC[C@@H](N)C(=O)Nc1ccccc1-c1nc(C)no1. The van der Waals surface area contributed by atoms with Crippen molar-refractivity contribution in [3.63, 3.8) is 0 Å². The molecule has 2 rings (SSSR count). The van der Waals surface area contributed by atoms with Crippen molar-refractivity contribution in [2.24, 2.45) is 5.73 Å². The molecule has 6 nitrogen and oxygen atoms in total. The molecule has 1 aromatic heterocycles. The number of rotatable bonds is 5. The predicted octanol–water partition coefficient (Wildman–Crippen LogP) is 2.11. The molecule has 0 aliphatic heterocycles. The van der Waals surface area contributed by atoms with E-state index in [9.17, 15) is 4.79 Å². The summed E-state index contributed by atoms with van der Waals surface area (Å²) in [6.45, 7) is 3.73. The number of aromatic nitrogens is 2. The van der Waals surface area contributed by atoms with Gasteiger partial charge in [-0.25, -0.2) is 0 Å². The van der Waals surface area contributed by atoms with E-state index >= 15 is 0 Å². The normalized spacial score (nSPS) is 12.2. The molecule has 0 spiro atoms. The maximum atomic E-state index is 12.0. The second-order valence-electron chi connectivity index (χ2n) is 4.58. The van der Waals surface area contributed by atoms with Crippen LogP contribution in [0.1, 0.15) is 25.6 Å². The Balaban J connectivity index is 2.22. The van der Waals surface area contributed by atoms with Crippen molar-refractivity contribution in [2.75, 3.05) is 5.32 Å². The van der Waals surface area contributed by atoms with E-state index in [1.165, 1.54) is 0 Å². The van der Waals surface area contributed by atoms with E-state index in [1.807, 2.05) is 25.1 Å². The van der Waals surface area contributed by atoms with Crippen LogP contribution in [-0.2, 0) is 4.79 Å². The average molecular weight is 274 g/mol. The van der Waals surface area contributed by atoms with Crippen molar-refractivity contribution in [3.8, 4) is 11.5 Å². The highest BCUT2D eigenvalue weighted by Crippen LogP contribution is 2.26. The summed E-state index contributed by atoms with van der Waals surface area (Å²) in [5.41, 5.74) is 7.11. The molecular formula is C14H18N4O2. The molecule has 0 fully saturated rings. The van der Waals surface area contributed by atoms with Gasteiger partial charge in [0.2, 0.25) is 5.91 Å². The van der Waals surface area contributed by atoms with Crippen LogP contribution in [0.2, 0.25) is 0 Å². The summed E-state index contributed by atoms with van der Waals surface area (Å²) in [6, 6.07) is 6.75. The van der Waals surface area contributed by atoms with Crippen molar-refractivity contribution in [1.82, 2.24) is 10.1 Å². The van der Waals surface area contributed by atoms with Crippen LogP contribution in [0.3, 0.4) is 0 Å². The first-order valence-corrected chi connectivity index (χ1v) is 6.58. The third-order valence-electron chi connectivity index (χ3n) is 2.88. The summed E-state index contributed by atoms with van der Waals surface area (Å²) in [4.78, 5) is 16.2. The summed E-state index contributed by atoms with van der Waals surface area (Å²) in [6.07, 6.45) is 1.51. The Hall–Kier alpha value is -2.21. The molecule has 20 heavy (non-hydrogen) atoms. The van der Waals surface area contributed by atoms with Gasteiger partial charge in [0.25, 0.3) is 5.89 Å². The topological polar surface area (TPSA) is 94.0 Å². The van der Waals surface area contributed by atoms with Crippen molar-refractivity contribution in [3.05, 3.63) is 30.1 Å². The molecule has 0 aliphatic rings. The van der Waals surface area contributed by atoms with Crippen molar-refractivity contribution >= 4 is 11.6 Å². The van der Waals surface area contributed by atoms with Crippen LogP contribution in [0, 0.1) is 6.92 Å². The molecule has 6 heteroatoms. The molecular weight excluding hydrogens is 256 g/mol. The number of amides is 1. The van der Waals surface area contributed by atoms with Gasteiger partial charge in [0.15, 0.2) is 5.82 Å². The molecule has 1 amide bonds. The summed E-state index contributed by atoms with van der Waals surface area (Å²) in [5, 5.41) is 6.57. The number of hydrogen-bond donors (Lipinski definition) is 2. The third-order valence-corrected chi connectivity index (χ3v) is 2.88. The van der Waals surface area contributed by atoms with Gasteiger partial charge in [0.05, 0.1) is 17.3 Å². The first kappa shape index (κ1) is 14.2. The Kier molecular flexibility index (Phi) is 4.47. The van der Waals surface area contributed by atoms with Gasteiger partial charge in [-0.2, -0.15) is 4.98 Å².